The lowest BCUT2D eigenvalue weighted by Gasteiger charge is -2.48. The van der Waals surface area contributed by atoms with E-state index >= 15 is 0 Å². The number of benzene rings is 2. The third-order valence-corrected chi connectivity index (χ3v) is 11.5. The van der Waals surface area contributed by atoms with Crippen molar-refractivity contribution < 1.29 is 9.59 Å². The van der Waals surface area contributed by atoms with E-state index in [1.807, 2.05) is 36.4 Å². The van der Waals surface area contributed by atoms with Gasteiger partial charge in [-0.3, -0.25) is 9.59 Å². The molecule has 2 aromatic rings. The number of carbonyl (C=O) groups is 2. The zero-order valence-electron chi connectivity index (χ0n) is 26.9. The Kier molecular flexibility index (Phi) is 10.2. The van der Waals surface area contributed by atoms with Gasteiger partial charge < -0.3 is 0 Å². The van der Waals surface area contributed by atoms with Gasteiger partial charge in [-0.25, -0.2) is 0 Å². The van der Waals surface area contributed by atoms with Gasteiger partial charge in [-0.1, -0.05) is 113 Å². The molecule has 0 bridgehead atoms. The van der Waals surface area contributed by atoms with Crippen LogP contribution in [-0.4, -0.2) is 11.6 Å². The molecule has 4 heteroatoms. The molecule has 0 aromatic heterocycles. The topological polar surface area (TPSA) is 34.1 Å². The molecule has 0 amide bonds. The van der Waals surface area contributed by atoms with E-state index < -0.39 is 0 Å². The van der Waals surface area contributed by atoms with Gasteiger partial charge in [0.05, 0.1) is 0 Å². The van der Waals surface area contributed by atoms with Crippen LogP contribution in [0.3, 0.4) is 0 Å². The van der Waals surface area contributed by atoms with E-state index in [4.69, 9.17) is 0 Å². The summed E-state index contributed by atoms with van der Waals surface area (Å²) in [4.78, 5) is 28.4. The summed E-state index contributed by atoms with van der Waals surface area (Å²) in [6.45, 7) is 11.5. The van der Waals surface area contributed by atoms with Gasteiger partial charge in [0, 0.05) is 21.3 Å². The molecule has 3 atom stereocenters. The van der Waals surface area contributed by atoms with Crippen molar-refractivity contribution in [1.82, 2.24) is 0 Å². The van der Waals surface area contributed by atoms with Gasteiger partial charge in [0.1, 0.15) is 0 Å². The summed E-state index contributed by atoms with van der Waals surface area (Å²) in [6, 6.07) is 16.5. The van der Waals surface area contributed by atoms with Crippen LogP contribution in [0.4, 0.5) is 0 Å². The molecule has 2 aromatic carbocycles. The molecule has 44 heavy (non-hydrogen) atoms. The Hall–Kier alpha value is -2.30. The van der Waals surface area contributed by atoms with Crippen LogP contribution >= 0.6 is 31.9 Å². The molecule has 0 fully saturated rings. The predicted octanol–water partition coefficient (Wildman–Crippen LogP) is 11.8. The zero-order chi connectivity index (χ0) is 31.6. The fraction of sp³-hybridized carbons (Fsp3) is 0.450. The lowest BCUT2D eigenvalue weighted by molar-refractivity contribution is -0.122. The van der Waals surface area contributed by atoms with E-state index in [0.717, 1.165) is 53.0 Å². The third-order valence-electron chi connectivity index (χ3n) is 10.4. The molecule has 0 saturated carbocycles. The van der Waals surface area contributed by atoms with Crippen molar-refractivity contribution in [2.24, 2.45) is 22.7 Å². The molecule has 0 saturated heterocycles. The average molecular weight is 719 g/mol. The number of ketones is 2. The molecule has 2 nitrogen and oxygen atoms in total. The van der Waals surface area contributed by atoms with Crippen LogP contribution in [0.25, 0.3) is 6.08 Å². The monoisotopic (exact) mass is 716 g/mol. The number of carbonyl (C=O) groups excluding carboxylic acids is 2. The van der Waals surface area contributed by atoms with Crippen molar-refractivity contribution in [2.45, 2.75) is 91.9 Å². The Labute approximate surface area is 281 Å². The van der Waals surface area contributed by atoms with Gasteiger partial charge in [0.15, 0.2) is 11.6 Å². The Morgan fingerprint density at radius 2 is 1.43 bits per heavy atom. The molecule has 3 aliphatic rings. The van der Waals surface area contributed by atoms with E-state index in [9.17, 15) is 9.59 Å². The molecule has 0 aliphatic heterocycles. The van der Waals surface area contributed by atoms with Crippen LogP contribution < -0.4 is 0 Å². The van der Waals surface area contributed by atoms with Gasteiger partial charge in [-0.05, 0) is 128 Å². The molecule has 0 radical (unpaired) electrons. The van der Waals surface area contributed by atoms with E-state index in [0.29, 0.717) is 6.42 Å². The van der Waals surface area contributed by atoms with Crippen molar-refractivity contribution in [3.8, 4) is 0 Å². The van der Waals surface area contributed by atoms with Crippen molar-refractivity contribution in [2.75, 3.05) is 0 Å². The first-order valence-corrected chi connectivity index (χ1v) is 17.8. The van der Waals surface area contributed by atoms with Gasteiger partial charge in [0.25, 0.3) is 0 Å². The number of allylic oxidation sites excluding steroid dienone is 7. The van der Waals surface area contributed by atoms with Crippen LogP contribution in [0.15, 0.2) is 98.0 Å². The molecule has 0 heterocycles. The van der Waals surface area contributed by atoms with Gasteiger partial charge in [-0.2, -0.15) is 0 Å². The molecule has 232 valence electrons. The highest BCUT2D eigenvalue weighted by molar-refractivity contribution is 9.10. The minimum atomic E-state index is -0.291. The minimum Gasteiger partial charge on any atom is -0.295 e. The fourth-order valence-electron chi connectivity index (χ4n) is 8.32. The normalized spacial score (nSPS) is 25.0. The Morgan fingerprint density at radius 1 is 0.818 bits per heavy atom. The minimum absolute atomic E-state index is 0.0364. The van der Waals surface area contributed by atoms with Crippen molar-refractivity contribution in [3.05, 3.63) is 109 Å². The van der Waals surface area contributed by atoms with E-state index in [1.165, 1.54) is 34.3 Å². The number of rotatable bonds is 8. The lowest BCUT2D eigenvalue weighted by Crippen LogP contribution is -2.41. The first-order valence-electron chi connectivity index (χ1n) is 16.2. The molecule has 0 N–H and O–H groups in total. The average Bonchev–Trinajstić information content (AvgIpc) is 2.96. The third kappa shape index (κ3) is 7.39. The first kappa shape index (κ1) is 33.1. The van der Waals surface area contributed by atoms with Crippen LogP contribution in [0.1, 0.15) is 103 Å². The molecular formula is C40H46Br2O2. The van der Waals surface area contributed by atoms with Crippen molar-refractivity contribution in [1.29, 1.82) is 0 Å². The van der Waals surface area contributed by atoms with Gasteiger partial charge >= 0.3 is 0 Å². The second-order valence-corrected chi connectivity index (χ2v) is 16.3. The van der Waals surface area contributed by atoms with Crippen LogP contribution in [0, 0.1) is 22.7 Å². The molecule has 0 spiro atoms. The van der Waals surface area contributed by atoms with E-state index in [1.54, 1.807) is 6.08 Å². The Bertz CT molecular complexity index is 1520. The number of hydrogen-bond donors (Lipinski definition) is 0. The summed E-state index contributed by atoms with van der Waals surface area (Å²) in [5, 5.41) is 0. The molecule has 0 unspecified atom stereocenters. The Balaban J connectivity index is 1.57. The maximum atomic E-state index is 14.6. The number of halogens is 2. The highest BCUT2D eigenvalue weighted by Crippen LogP contribution is 2.56. The standard InChI is InChI=1S/C40H46Br2O2/c1-26-8-6-22-39(2,3)35(26)20-21-36(44)37-33(28-13-17-31(42)18-14-28)24-29-9-7-23-40(4,5)38(29)34(37)25-32(43)19-12-27-10-15-30(41)16-11-27/h10-21,33-34,37H,6-9,22-25H2,1-5H3/b19-12+,21-20+/t33-,34+,37-/m0/s1. The molecule has 3 aliphatic carbocycles. The predicted molar refractivity (Wildman–Crippen MR) is 190 cm³/mol. The fourth-order valence-corrected chi connectivity index (χ4v) is 8.84. The second-order valence-electron chi connectivity index (χ2n) is 14.5. The van der Waals surface area contributed by atoms with Gasteiger partial charge in [0.2, 0.25) is 0 Å². The van der Waals surface area contributed by atoms with E-state index in [2.05, 4.69) is 96.8 Å². The van der Waals surface area contributed by atoms with Crippen molar-refractivity contribution in [3.63, 3.8) is 0 Å². The van der Waals surface area contributed by atoms with Crippen molar-refractivity contribution >= 4 is 49.5 Å². The Morgan fingerprint density at radius 3 is 2.09 bits per heavy atom. The highest BCUT2D eigenvalue weighted by atomic mass is 79.9. The smallest absolute Gasteiger partial charge is 0.160 e. The largest absolute Gasteiger partial charge is 0.295 e. The summed E-state index contributed by atoms with van der Waals surface area (Å²) < 4.78 is 2.04. The van der Waals surface area contributed by atoms with E-state index in [-0.39, 0.29) is 40.2 Å². The quantitative estimate of drug-likeness (QED) is 0.201. The van der Waals surface area contributed by atoms with Gasteiger partial charge in [-0.15, -0.1) is 0 Å². The summed E-state index contributed by atoms with van der Waals surface area (Å²) in [6.07, 6.45) is 15.6. The maximum absolute atomic E-state index is 14.6. The maximum Gasteiger partial charge on any atom is 0.160 e. The zero-order valence-corrected chi connectivity index (χ0v) is 30.1. The summed E-state index contributed by atoms with van der Waals surface area (Å²) >= 11 is 7.10. The molecular weight excluding hydrogens is 672 g/mol. The highest BCUT2D eigenvalue weighted by Gasteiger charge is 2.47. The number of hydrogen-bond acceptors (Lipinski definition) is 2. The van der Waals surface area contributed by atoms with Crippen LogP contribution in [0.2, 0.25) is 0 Å². The van der Waals surface area contributed by atoms with Crippen LogP contribution in [-0.2, 0) is 9.59 Å². The van der Waals surface area contributed by atoms with Crippen LogP contribution in [0.5, 0.6) is 0 Å². The SMILES string of the molecule is CC1=C(/C=C/C(=O)[C@@H]2[C@@H](CC(=O)/C=C/c3ccc(Br)cc3)C3=C(CCCC3(C)C)C[C@H]2c2ccc(Br)cc2)C(C)(C)CCC1. The molecule has 5 rings (SSSR count). The summed E-state index contributed by atoms with van der Waals surface area (Å²) in [5.74, 6) is -0.147. The summed E-state index contributed by atoms with van der Waals surface area (Å²) in [7, 11) is 0. The summed E-state index contributed by atoms with van der Waals surface area (Å²) in [5.41, 5.74) is 7.75. The second kappa shape index (κ2) is 13.6. The lowest BCUT2D eigenvalue weighted by atomic mass is 9.55. The first-order chi connectivity index (χ1) is 20.9.